The van der Waals surface area contributed by atoms with Crippen LogP contribution in [-0.4, -0.2) is 29.8 Å². The average molecular weight is 245 g/mol. The van der Waals surface area contributed by atoms with Crippen molar-refractivity contribution < 1.29 is 9.84 Å². The van der Waals surface area contributed by atoms with Crippen molar-refractivity contribution in [2.75, 3.05) is 13.2 Å². The van der Waals surface area contributed by atoms with E-state index in [-0.39, 0.29) is 5.92 Å². The molecule has 1 aliphatic rings. The third-order valence-electron chi connectivity index (χ3n) is 3.41. The molecule has 0 amide bonds. The highest BCUT2D eigenvalue weighted by Gasteiger charge is 2.36. The van der Waals surface area contributed by atoms with E-state index in [4.69, 9.17) is 4.74 Å². The molecule has 18 heavy (non-hydrogen) atoms. The lowest BCUT2D eigenvalue weighted by molar-refractivity contribution is 0.0545. The van der Waals surface area contributed by atoms with Crippen molar-refractivity contribution in [2.24, 2.45) is 10.9 Å². The van der Waals surface area contributed by atoms with Crippen LogP contribution in [0.2, 0.25) is 0 Å². The number of ether oxygens (including phenoxy) is 1. The summed E-state index contributed by atoms with van der Waals surface area (Å²) >= 11 is 0. The summed E-state index contributed by atoms with van der Waals surface area (Å²) in [6.07, 6.45) is 2.11. The van der Waals surface area contributed by atoms with Gasteiger partial charge in [-0.1, -0.05) is 43.3 Å². The second-order valence-electron chi connectivity index (χ2n) is 4.65. The summed E-state index contributed by atoms with van der Waals surface area (Å²) < 4.78 is 5.44. The molecule has 0 aromatic heterocycles. The van der Waals surface area contributed by atoms with Crippen LogP contribution in [0.25, 0.3) is 0 Å². The molecule has 2 rings (SSSR count). The van der Waals surface area contributed by atoms with E-state index in [2.05, 4.69) is 11.6 Å². The highest BCUT2D eigenvalue weighted by molar-refractivity contribution is 5.81. The van der Waals surface area contributed by atoms with E-state index in [1.807, 2.05) is 37.3 Å². The first-order valence-electron chi connectivity index (χ1n) is 6.23. The summed E-state index contributed by atoms with van der Waals surface area (Å²) in [4.78, 5) is 4.28. The van der Waals surface area contributed by atoms with Gasteiger partial charge in [0.1, 0.15) is 6.61 Å². The van der Waals surface area contributed by atoms with Crippen LogP contribution in [0.5, 0.6) is 0 Å². The molecule has 0 saturated carbocycles. The Balaban J connectivity index is 2.17. The van der Waals surface area contributed by atoms with E-state index in [9.17, 15) is 5.11 Å². The molecule has 1 heterocycles. The van der Waals surface area contributed by atoms with Gasteiger partial charge in [0.05, 0.1) is 18.1 Å². The van der Waals surface area contributed by atoms with Crippen molar-refractivity contribution in [3.05, 3.63) is 48.6 Å². The van der Waals surface area contributed by atoms with Crippen LogP contribution in [-0.2, 0) is 11.2 Å². The first-order chi connectivity index (χ1) is 8.65. The first kappa shape index (κ1) is 12.8. The molecule has 3 heteroatoms. The second kappa shape index (κ2) is 5.36. The molecule has 1 aromatic carbocycles. The van der Waals surface area contributed by atoms with Crippen LogP contribution >= 0.6 is 0 Å². The number of rotatable bonds is 5. The molecule has 0 fully saturated rings. The Hall–Kier alpha value is -1.61. The minimum atomic E-state index is -1.02. The van der Waals surface area contributed by atoms with Gasteiger partial charge in [0, 0.05) is 6.42 Å². The maximum Gasteiger partial charge on any atom is 0.189 e. The normalized spacial score (nSPS) is 19.6. The SMILES string of the molecule is C=CC(O)(Cc1ccccc1)C(C)C1=NCCO1. The molecule has 2 unspecified atom stereocenters. The minimum Gasteiger partial charge on any atom is -0.479 e. The third kappa shape index (κ3) is 2.62. The number of hydrogen-bond acceptors (Lipinski definition) is 3. The van der Waals surface area contributed by atoms with Crippen LogP contribution in [0, 0.1) is 5.92 Å². The number of aliphatic imine (C=N–C) groups is 1. The molecule has 1 aromatic rings. The number of hydrogen-bond donors (Lipinski definition) is 1. The lowest BCUT2D eigenvalue weighted by Gasteiger charge is -2.30. The van der Waals surface area contributed by atoms with Gasteiger partial charge in [-0.05, 0) is 5.56 Å². The van der Waals surface area contributed by atoms with Crippen LogP contribution in [0.4, 0.5) is 0 Å². The Bertz CT molecular complexity index is 441. The second-order valence-corrected chi connectivity index (χ2v) is 4.65. The molecule has 0 bridgehead atoms. The van der Waals surface area contributed by atoms with E-state index < -0.39 is 5.60 Å². The van der Waals surface area contributed by atoms with Gasteiger partial charge >= 0.3 is 0 Å². The highest BCUT2D eigenvalue weighted by Crippen LogP contribution is 2.26. The van der Waals surface area contributed by atoms with Gasteiger partial charge in [-0.15, -0.1) is 6.58 Å². The van der Waals surface area contributed by atoms with Crippen molar-refractivity contribution in [1.82, 2.24) is 0 Å². The predicted molar refractivity (Wildman–Crippen MR) is 72.7 cm³/mol. The van der Waals surface area contributed by atoms with Gasteiger partial charge in [-0.2, -0.15) is 0 Å². The van der Waals surface area contributed by atoms with E-state index in [1.54, 1.807) is 6.08 Å². The topological polar surface area (TPSA) is 41.8 Å². The van der Waals surface area contributed by atoms with Crippen LogP contribution < -0.4 is 0 Å². The highest BCUT2D eigenvalue weighted by atomic mass is 16.5. The van der Waals surface area contributed by atoms with Gasteiger partial charge in [0.25, 0.3) is 0 Å². The average Bonchev–Trinajstić information content (AvgIpc) is 2.92. The Morgan fingerprint density at radius 2 is 2.22 bits per heavy atom. The molecule has 0 spiro atoms. The van der Waals surface area contributed by atoms with Gasteiger partial charge in [0.15, 0.2) is 5.90 Å². The van der Waals surface area contributed by atoms with E-state index >= 15 is 0 Å². The van der Waals surface area contributed by atoms with Crippen molar-refractivity contribution in [3.8, 4) is 0 Å². The Labute approximate surface area is 108 Å². The molecule has 1 aliphatic heterocycles. The maximum atomic E-state index is 10.7. The van der Waals surface area contributed by atoms with E-state index in [0.717, 1.165) is 5.56 Å². The lowest BCUT2D eigenvalue weighted by Crippen LogP contribution is -2.41. The van der Waals surface area contributed by atoms with E-state index in [0.29, 0.717) is 25.5 Å². The lowest BCUT2D eigenvalue weighted by atomic mass is 9.83. The summed E-state index contributed by atoms with van der Waals surface area (Å²) in [5.41, 5.74) is 0.0511. The van der Waals surface area contributed by atoms with Gasteiger partial charge in [0.2, 0.25) is 0 Å². The minimum absolute atomic E-state index is 0.183. The molecule has 0 saturated heterocycles. The zero-order valence-corrected chi connectivity index (χ0v) is 10.7. The standard InChI is InChI=1S/C15H19NO2/c1-3-15(17,11-13-7-5-4-6-8-13)12(2)14-16-9-10-18-14/h3-8,12,17H,1,9-11H2,2H3. The summed E-state index contributed by atoms with van der Waals surface area (Å²) in [7, 11) is 0. The zero-order chi connectivity index (χ0) is 13.0. The van der Waals surface area contributed by atoms with Gasteiger partial charge in [-0.25, -0.2) is 0 Å². The van der Waals surface area contributed by atoms with Gasteiger partial charge < -0.3 is 9.84 Å². The summed E-state index contributed by atoms with van der Waals surface area (Å²) in [5, 5.41) is 10.7. The first-order valence-corrected chi connectivity index (χ1v) is 6.23. The molecular weight excluding hydrogens is 226 g/mol. The Kier molecular flexibility index (Phi) is 3.82. The fourth-order valence-corrected chi connectivity index (χ4v) is 2.15. The molecule has 96 valence electrons. The summed E-state index contributed by atoms with van der Waals surface area (Å²) in [6, 6.07) is 9.89. The maximum absolute atomic E-state index is 10.7. The third-order valence-corrected chi connectivity index (χ3v) is 3.41. The quantitative estimate of drug-likeness (QED) is 0.808. The molecule has 1 N–H and O–H groups in total. The van der Waals surface area contributed by atoms with Crippen molar-refractivity contribution in [1.29, 1.82) is 0 Å². The summed E-state index contributed by atoms with van der Waals surface area (Å²) in [5.74, 6) is 0.450. The summed E-state index contributed by atoms with van der Waals surface area (Å²) in [6.45, 7) is 6.97. The Morgan fingerprint density at radius 3 is 2.78 bits per heavy atom. The number of benzene rings is 1. The smallest absolute Gasteiger partial charge is 0.189 e. The fourth-order valence-electron chi connectivity index (χ4n) is 2.15. The number of aliphatic hydroxyl groups is 1. The van der Waals surface area contributed by atoms with Crippen molar-refractivity contribution >= 4 is 5.90 Å². The van der Waals surface area contributed by atoms with Crippen molar-refractivity contribution in [2.45, 2.75) is 18.9 Å². The molecule has 0 aliphatic carbocycles. The van der Waals surface area contributed by atoms with Gasteiger partial charge in [-0.3, -0.25) is 4.99 Å². The molecule has 2 atom stereocenters. The monoisotopic (exact) mass is 245 g/mol. The Morgan fingerprint density at radius 1 is 1.50 bits per heavy atom. The fraction of sp³-hybridized carbons (Fsp3) is 0.400. The molecular formula is C15H19NO2. The predicted octanol–water partition coefficient (Wildman–Crippen LogP) is 2.21. The van der Waals surface area contributed by atoms with Crippen molar-refractivity contribution in [3.63, 3.8) is 0 Å². The molecule has 3 nitrogen and oxygen atoms in total. The van der Waals surface area contributed by atoms with Crippen LogP contribution in [0.15, 0.2) is 48.0 Å². The molecule has 0 radical (unpaired) electrons. The van der Waals surface area contributed by atoms with Crippen LogP contribution in [0.3, 0.4) is 0 Å². The van der Waals surface area contributed by atoms with E-state index in [1.165, 1.54) is 0 Å². The number of nitrogens with zero attached hydrogens (tertiary/aromatic N) is 1. The van der Waals surface area contributed by atoms with Crippen LogP contribution in [0.1, 0.15) is 12.5 Å². The largest absolute Gasteiger partial charge is 0.479 e. The zero-order valence-electron chi connectivity index (χ0n) is 10.7.